The van der Waals surface area contributed by atoms with Gasteiger partial charge < -0.3 is 4.90 Å². The van der Waals surface area contributed by atoms with Gasteiger partial charge in [-0.25, -0.2) is 4.68 Å². The number of nitrogens with one attached hydrogen (secondary N) is 1. The molecule has 3 aromatic rings. The molecule has 1 saturated heterocycles. The molecule has 0 atom stereocenters. The number of fused-ring (bicyclic) bond motifs is 1. The highest BCUT2D eigenvalue weighted by molar-refractivity contribution is 6.04. The van der Waals surface area contributed by atoms with E-state index in [0.29, 0.717) is 25.3 Å². The minimum atomic E-state index is -0.108. The van der Waals surface area contributed by atoms with E-state index in [1.165, 1.54) is 10.7 Å². The molecule has 7 nitrogen and oxygen atoms in total. The fourth-order valence-electron chi connectivity index (χ4n) is 3.05. The molecule has 1 aliphatic heterocycles. The third-order valence-electron chi connectivity index (χ3n) is 4.35. The van der Waals surface area contributed by atoms with E-state index in [0.717, 1.165) is 16.6 Å². The molecule has 0 unspecified atom stereocenters. The second kappa shape index (κ2) is 5.59. The van der Waals surface area contributed by atoms with Crippen molar-refractivity contribution in [2.45, 2.75) is 13.5 Å². The summed E-state index contributed by atoms with van der Waals surface area (Å²) in [6, 6.07) is 10.8. The fraction of sp³-hybridized carbons (Fsp3) is 0.294. The number of benzene rings is 1. The SMILES string of the molecule is Cc1ccc(=O)n(CC2CN(C(=O)c3n[nH]c4ccccc34)C2)n1. The Morgan fingerprint density at radius 2 is 2.04 bits per heavy atom. The molecule has 0 saturated carbocycles. The van der Waals surface area contributed by atoms with Gasteiger partial charge in [0, 0.05) is 30.5 Å². The molecule has 122 valence electrons. The molecule has 1 amide bonds. The van der Waals surface area contributed by atoms with Crippen molar-refractivity contribution in [2.24, 2.45) is 5.92 Å². The van der Waals surface area contributed by atoms with Crippen LogP contribution in [0.3, 0.4) is 0 Å². The number of nitrogens with zero attached hydrogens (tertiary/aromatic N) is 4. The minimum absolute atomic E-state index is 0.0757. The number of likely N-dealkylation sites (tertiary alicyclic amines) is 1. The number of para-hydroxylation sites is 1. The topological polar surface area (TPSA) is 83.9 Å². The first-order valence-electron chi connectivity index (χ1n) is 7.89. The van der Waals surface area contributed by atoms with Gasteiger partial charge in [-0.2, -0.15) is 10.2 Å². The van der Waals surface area contributed by atoms with Crippen LogP contribution in [0.4, 0.5) is 0 Å². The van der Waals surface area contributed by atoms with Crippen LogP contribution in [0.1, 0.15) is 16.2 Å². The maximum absolute atomic E-state index is 12.6. The highest BCUT2D eigenvalue weighted by atomic mass is 16.2. The molecule has 2 aromatic heterocycles. The third-order valence-corrected chi connectivity index (χ3v) is 4.35. The van der Waals surface area contributed by atoms with E-state index in [1.54, 1.807) is 11.0 Å². The van der Waals surface area contributed by atoms with Crippen LogP contribution >= 0.6 is 0 Å². The predicted octanol–water partition coefficient (Wildman–Crippen LogP) is 1.20. The zero-order valence-electron chi connectivity index (χ0n) is 13.3. The Labute approximate surface area is 137 Å². The summed E-state index contributed by atoms with van der Waals surface area (Å²) in [5.74, 6) is 0.166. The quantitative estimate of drug-likeness (QED) is 0.785. The molecule has 1 fully saturated rings. The average molecular weight is 323 g/mol. The van der Waals surface area contributed by atoms with Crippen molar-refractivity contribution in [3.8, 4) is 0 Å². The number of carbonyl (C=O) groups is 1. The van der Waals surface area contributed by atoms with Crippen molar-refractivity contribution in [3.05, 3.63) is 58.1 Å². The van der Waals surface area contributed by atoms with Gasteiger partial charge in [0.25, 0.3) is 11.5 Å². The first-order valence-corrected chi connectivity index (χ1v) is 7.89. The number of aromatic amines is 1. The number of carbonyl (C=O) groups excluding carboxylic acids is 1. The van der Waals surface area contributed by atoms with Crippen LogP contribution in [0.2, 0.25) is 0 Å². The van der Waals surface area contributed by atoms with Gasteiger partial charge in [0.05, 0.1) is 17.8 Å². The smallest absolute Gasteiger partial charge is 0.275 e. The maximum Gasteiger partial charge on any atom is 0.275 e. The van der Waals surface area contributed by atoms with Crippen LogP contribution in [0.25, 0.3) is 10.9 Å². The summed E-state index contributed by atoms with van der Waals surface area (Å²) in [4.78, 5) is 26.1. The molecule has 1 aliphatic rings. The van der Waals surface area contributed by atoms with E-state index in [9.17, 15) is 9.59 Å². The zero-order chi connectivity index (χ0) is 16.7. The molecule has 1 aromatic carbocycles. The molecule has 0 aliphatic carbocycles. The third kappa shape index (κ3) is 2.47. The van der Waals surface area contributed by atoms with Gasteiger partial charge in [-0.1, -0.05) is 18.2 Å². The summed E-state index contributed by atoms with van der Waals surface area (Å²) in [5, 5.41) is 12.1. The number of rotatable bonds is 3. The lowest BCUT2D eigenvalue weighted by molar-refractivity contribution is 0.0454. The number of H-pyrrole nitrogens is 1. The standard InChI is InChI=1S/C17H17N5O2/c1-11-6-7-15(23)22(20-11)10-12-8-21(9-12)17(24)16-13-4-2-3-5-14(13)18-19-16/h2-7,12H,8-10H2,1H3,(H,18,19). The van der Waals surface area contributed by atoms with Gasteiger partial charge in [-0.05, 0) is 19.1 Å². The van der Waals surface area contributed by atoms with Crippen LogP contribution in [-0.4, -0.2) is 43.9 Å². The predicted molar refractivity (Wildman–Crippen MR) is 88.7 cm³/mol. The fourth-order valence-corrected chi connectivity index (χ4v) is 3.05. The number of hydrogen-bond acceptors (Lipinski definition) is 4. The maximum atomic E-state index is 12.6. The van der Waals surface area contributed by atoms with Crippen LogP contribution in [-0.2, 0) is 6.54 Å². The zero-order valence-corrected chi connectivity index (χ0v) is 13.3. The molecule has 7 heteroatoms. The summed E-state index contributed by atoms with van der Waals surface area (Å²) < 4.78 is 1.48. The average Bonchev–Trinajstić information content (AvgIpc) is 2.97. The second-order valence-corrected chi connectivity index (χ2v) is 6.19. The van der Waals surface area contributed by atoms with Gasteiger partial charge in [0.1, 0.15) is 0 Å². The summed E-state index contributed by atoms with van der Waals surface area (Å²) in [7, 11) is 0. The lowest BCUT2D eigenvalue weighted by Crippen LogP contribution is -2.52. The van der Waals surface area contributed by atoms with Gasteiger partial charge in [-0.15, -0.1) is 0 Å². The number of aromatic nitrogens is 4. The Bertz CT molecular complexity index is 968. The molecule has 4 rings (SSSR count). The van der Waals surface area contributed by atoms with E-state index in [1.807, 2.05) is 31.2 Å². The molecule has 1 N–H and O–H groups in total. The largest absolute Gasteiger partial charge is 0.336 e. The first-order chi connectivity index (χ1) is 11.6. The molecule has 0 bridgehead atoms. The first kappa shape index (κ1) is 14.6. The van der Waals surface area contributed by atoms with E-state index < -0.39 is 0 Å². The van der Waals surface area contributed by atoms with Crippen LogP contribution < -0.4 is 5.56 Å². The molecule has 24 heavy (non-hydrogen) atoms. The van der Waals surface area contributed by atoms with Gasteiger partial charge in [-0.3, -0.25) is 14.7 Å². The van der Waals surface area contributed by atoms with Gasteiger partial charge >= 0.3 is 0 Å². The van der Waals surface area contributed by atoms with E-state index in [-0.39, 0.29) is 17.4 Å². The monoisotopic (exact) mass is 323 g/mol. The summed E-state index contributed by atoms with van der Waals surface area (Å²) in [6.45, 7) is 3.62. The van der Waals surface area contributed by atoms with Crippen molar-refractivity contribution in [1.82, 2.24) is 24.9 Å². The van der Waals surface area contributed by atoms with Crippen molar-refractivity contribution in [3.63, 3.8) is 0 Å². The van der Waals surface area contributed by atoms with E-state index >= 15 is 0 Å². The Hall–Kier alpha value is -2.96. The molecular weight excluding hydrogens is 306 g/mol. The molecular formula is C17H17N5O2. The Morgan fingerprint density at radius 1 is 1.25 bits per heavy atom. The molecule has 0 radical (unpaired) electrons. The van der Waals surface area contributed by atoms with Crippen LogP contribution in [0, 0.1) is 12.8 Å². The highest BCUT2D eigenvalue weighted by Gasteiger charge is 2.33. The van der Waals surface area contributed by atoms with Crippen molar-refractivity contribution < 1.29 is 4.79 Å². The lowest BCUT2D eigenvalue weighted by Gasteiger charge is -2.38. The number of aryl methyl sites for hydroxylation is 1. The minimum Gasteiger partial charge on any atom is -0.336 e. The Balaban J connectivity index is 1.45. The van der Waals surface area contributed by atoms with Gasteiger partial charge in [0.2, 0.25) is 0 Å². The number of amides is 1. The molecule has 3 heterocycles. The Kier molecular flexibility index (Phi) is 3.41. The van der Waals surface area contributed by atoms with Crippen LogP contribution in [0.5, 0.6) is 0 Å². The normalized spacial score (nSPS) is 14.8. The lowest BCUT2D eigenvalue weighted by atomic mass is 9.99. The van der Waals surface area contributed by atoms with E-state index in [4.69, 9.17) is 0 Å². The van der Waals surface area contributed by atoms with Gasteiger partial charge in [0.15, 0.2) is 5.69 Å². The summed E-state index contributed by atoms with van der Waals surface area (Å²) in [6.07, 6.45) is 0. The van der Waals surface area contributed by atoms with Crippen molar-refractivity contribution in [1.29, 1.82) is 0 Å². The number of hydrogen-bond donors (Lipinski definition) is 1. The summed E-state index contributed by atoms with van der Waals surface area (Å²) in [5.41, 5.74) is 2.01. The summed E-state index contributed by atoms with van der Waals surface area (Å²) >= 11 is 0. The molecule has 0 spiro atoms. The van der Waals surface area contributed by atoms with Crippen molar-refractivity contribution in [2.75, 3.05) is 13.1 Å². The second-order valence-electron chi connectivity index (χ2n) is 6.19. The van der Waals surface area contributed by atoms with Crippen molar-refractivity contribution >= 4 is 16.8 Å². The van der Waals surface area contributed by atoms with E-state index in [2.05, 4.69) is 15.3 Å². The highest BCUT2D eigenvalue weighted by Crippen LogP contribution is 2.22. The Morgan fingerprint density at radius 3 is 2.88 bits per heavy atom. The van der Waals surface area contributed by atoms with Crippen LogP contribution in [0.15, 0.2) is 41.2 Å².